The highest BCUT2D eigenvalue weighted by Gasteiger charge is 2.53. The fourth-order valence-electron chi connectivity index (χ4n) is 3.35. The van der Waals surface area contributed by atoms with Crippen LogP contribution in [0.25, 0.3) is 0 Å². The van der Waals surface area contributed by atoms with Gasteiger partial charge in [0.2, 0.25) is 0 Å². The molecule has 21 heavy (non-hydrogen) atoms. The zero-order chi connectivity index (χ0) is 15.0. The Hall–Kier alpha value is -1.64. The molecule has 0 radical (unpaired) electrons. The Morgan fingerprint density at radius 1 is 1.19 bits per heavy atom. The van der Waals surface area contributed by atoms with Crippen LogP contribution in [-0.2, 0) is 14.3 Å². The first-order valence-corrected chi connectivity index (χ1v) is 7.92. The van der Waals surface area contributed by atoms with E-state index in [2.05, 4.69) is 0 Å². The minimum absolute atomic E-state index is 0.000237. The average Bonchev–Trinajstić information content (AvgIpc) is 3.29. The third kappa shape index (κ3) is 2.61. The van der Waals surface area contributed by atoms with Gasteiger partial charge in [0.25, 0.3) is 0 Å². The largest absolute Gasteiger partial charge is 0.453 e. The van der Waals surface area contributed by atoms with Crippen LogP contribution in [0.15, 0.2) is 30.3 Å². The lowest BCUT2D eigenvalue weighted by molar-refractivity contribution is -0.146. The SMILES string of the molecule is CCC(C)C1OC(=O)C(C(c2ccccc2)C2CC2)C1=O. The van der Waals surface area contributed by atoms with Gasteiger partial charge in [-0.25, -0.2) is 0 Å². The molecule has 0 N–H and O–H groups in total. The van der Waals surface area contributed by atoms with Crippen molar-refractivity contribution in [3.63, 3.8) is 0 Å². The van der Waals surface area contributed by atoms with Crippen LogP contribution in [0.3, 0.4) is 0 Å². The molecule has 0 aromatic heterocycles. The molecule has 1 aromatic carbocycles. The van der Waals surface area contributed by atoms with Gasteiger partial charge in [-0.15, -0.1) is 0 Å². The quantitative estimate of drug-likeness (QED) is 0.616. The summed E-state index contributed by atoms with van der Waals surface area (Å²) >= 11 is 0. The molecule has 1 heterocycles. The summed E-state index contributed by atoms with van der Waals surface area (Å²) in [7, 11) is 0. The van der Waals surface area contributed by atoms with Crippen LogP contribution < -0.4 is 0 Å². The van der Waals surface area contributed by atoms with Gasteiger partial charge in [0.15, 0.2) is 11.9 Å². The van der Waals surface area contributed by atoms with Crippen molar-refractivity contribution in [2.24, 2.45) is 17.8 Å². The van der Waals surface area contributed by atoms with E-state index in [1.807, 2.05) is 44.2 Å². The highest BCUT2D eigenvalue weighted by Crippen LogP contribution is 2.49. The first-order chi connectivity index (χ1) is 10.1. The molecule has 3 nitrogen and oxygen atoms in total. The summed E-state index contributed by atoms with van der Waals surface area (Å²) in [5, 5.41) is 0. The van der Waals surface area contributed by atoms with E-state index >= 15 is 0 Å². The topological polar surface area (TPSA) is 43.4 Å². The van der Waals surface area contributed by atoms with Gasteiger partial charge in [-0.2, -0.15) is 0 Å². The number of hydrogen-bond donors (Lipinski definition) is 0. The second kappa shape index (κ2) is 5.63. The Balaban J connectivity index is 1.90. The lowest BCUT2D eigenvalue weighted by atomic mass is 9.78. The van der Waals surface area contributed by atoms with Crippen molar-refractivity contribution >= 4 is 11.8 Å². The lowest BCUT2D eigenvalue weighted by Crippen LogP contribution is -2.30. The number of esters is 1. The number of benzene rings is 1. The van der Waals surface area contributed by atoms with Crippen molar-refractivity contribution in [1.82, 2.24) is 0 Å². The normalized spacial score (nSPS) is 28.3. The predicted octanol–water partition coefficient (Wildman–Crippen LogP) is 3.34. The molecule has 112 valence electrons. The number of carbonyl (C=O) groups excluding carboxylic acids is 2. The van der Waals surface area contributed by atoms with E-state index in [0.717, 1.165) is 24.8 Å². The average molecular weight is 286 g/mol. The number of carbonyl (C=O) groups is 2. The van der Waals surface area contributed by atoms with Gasteiger partial charge in [0.1, 0.15) is 5.92 Å². The maximum atomic E-state index is 12.7. The van der Waals surface area contributed by atoms with Crippen molar-refractivity contribution in [2.45, 2.75) is 45.1 Å². The van der Waals surface area contributed by atoms with Crippen LogP contribution in [0, 0.1) is 17.8 Å². The number of rotatable bonds is 5. The second-order valence-electron chi connectivity index (χ2n) is 6.40. The summed E-state index contributed by atoms with van der Waals surface area (Å²) in [5.41, 5.74) is 1.10. The third-order valence-corrected chi connectivity index (χ3v) is 4.92. The number of ether oxygens (including phenoxy) is 1. The van der Waals surface area contributed by atoms with Gasteiger partial charge in [-0.05, 0) is 30.7 Å². The monoisotopic (exact) mass is 286 g/mol. The van der Waals surface area contributed by atoms with Gasteiger partial charge in [0, 0.05) is 11.8 Å². The molecular formula is C18H22O3. The zero-order valence-corrected chi connectivity index (χ0v) is 12.6. The standard InChI is InChI=1S/C18H22O3/c1-3-11(2)17-16(19)15(18(20)21-17)14(13-9-10-13)12-7-5-4-6-8-12/h4-8,11,13-15,17H,3,9-10H2,1-2H3. The van der Waals surface area contributed by atoms with E-state index in [1.165, 1.54) is 0 Å². The van der Waals surface area contributed by atoms with Crippen LogP contribution >= 0.6 is 0 Å². The molecule has 1 aliphatic heterocycles. The van der Waals surface area contributed by atoms with E-state index in [0.29, 0.717) is 5.92 Å². The van der Waals surface area contributed by atoms with E-state index < -0.39 is 12.0 Å². The molecule has 0 amide bonds. The summed E-state index contributed by atoms with van der Waals surface area (Å²) in [4.78, 5) is 25.0. The fraction of sp³-hybridized carbons (Fsp3) is 0.556. The number of hydrogen-bond acceptors (Lipinski definition) is 3. The van der Waals surface area contributed by atoms with Crippen LogP contribution in [0.5, 0.6) is 0 Å². The van der Waals surface area contributed by atoms with Crippen molar-refractivity contribution < 1.29 is 14.3 Å². The summed E-state index contributed by atoms with van der Waals surface area (Å²) in [6.45, 7) is 4.00. The fourth-order valence-corrected chi connectivity index (χ4v) is 3.35. The summed E-state index contributed by atoms with van der Waals surface area (Å²) < 4.78 is 5.43. The first kappa shape index (κ1) is 14.3. The number of ketones is 1. The van der Waals surface area contributed by atoms with E-state index in [-0.39, 0.29) is 23.6 Å². The molecular weight excluding hydrogens is 264 g/mol. The van der Waals surface area contributed by atoms with E-state index in [1.54, 1.807) is 0 Å². The lowest BCUT2D eigenvalue weighted by Gasteiger charge is -2.20. The van der Waals surface area contributed by atoms with Gasteiger partial charge < -0.3 is 4.74 Å². The maximum Gasteiger partial charge on any atom is 0.318 e. The highest BCUT2D eigenvalue weighted by molar-refractivity contribution is 6.07. The number of Topliss-reactive ketones (excluding diaryl/α,β-unsaturated/α-hetero) is 1. The molecule has 0 spiro atoms. The highest BCUT2D eigenvalue weighted by atomic mass is 16.6. The first-order valence-electron chi connectivity index (χ1n) is 7.92. The van der Waals surface area contributed by atoms with Gasteiger partial charge in [-0.3, -0.25) is 9.59 Å². The summed E-state index contributed by atoms with van der Waals surface area (Å²) in [5.74, 6) is -0.369. The molecule has 2 aliphatic rings. The van der Waals surface area contributed by atoms with E-state index in [9.17, 15) is 9.59 Å². The summed E-state index contributed by atoms with van der Waals surface area (Å²) in [6.07, 6.45) is 2.50. The van der Waals surface area contributed by atoms with Crippen molar-refractivity contribution in [1.29, 1.82) is 0 Å². The Labute approximate surface area is 125 Å². The van der Waals surface area contributed by atoms with Gasteiger partial charge >= 0.3 is 5.97 Å². The Bertz CT molecular complexity index is 533. The summed E-state index contributed by atoms with van der Waals surface area (Å²) in [6, 6.07) is 9.97. The Morgan fingerprint density at radius 2 is 1.86 bits per heavy atom. The zero-order valence-electron chi connectivity index (χ0n) is 12.6. The second-order valence-corrected chi connectivity index (χ2v) is 6.40. The molecule has 3 heteroatoms. The molecule has 4 unspecified atom stereocenters. The predicted molar refractivity (Wildman–Crippen MR) is 79.7 cm³/mol. The maximum absolute atomic E-state index is 12.7. The van der Waals surface area contributed by atoms with Crippen molar-refractivity contribution in [3.05, 3.63) is 35.9 Å². The van der Waals surface area contributed by atoms with Crippen LogP contribution in [0.2, 0.25) is 0 Å². The molecule has 0 bridgehead atoms. The third-order valence-electron chi connectivity index (χ3n) is 4.92. The minimum atomic E-state index is -0.598. The van der Waals surface area contributed by atoms with Crippen molar-refractivity contribution in [3.8, 4) is 0 Å². The Kier molecular flexibility index (Phi) is 3.83. The smallest absolute Gasteiger partial charge is 0.318 e. The molecule has 1 aliphatic carbocycles. The van der Waals surface area contributed by atoms with Gasteiger partial charge in [-0.1, -0.05) is 44.2 Å². The van der Waals surface area contributed by atoms with Crippen LogP contribution in [0.1, 0.15) is 44.6 Å². The molecule has 1 saturated heterocycles. The van der Waals surface area contributed by atoms with Crippen molar-refractivity contribution in [2.75, 3.05) is 0 Å². The van der Waals surface area contributed by atoms with E-state index in [4.69, 9.17) is 4.74 Å². The Morgan fingerprint density at radius 3 is 2.43 bits per heavy atom. The minimum Gasteiger partial charge on any atom is -0.453 e. The van der Waals surface area contributed by atoms with Crippen LogP contribution in [0.4, 0.5) is 0 Å². The van der Waals surface area contributed by atoms with Gasteiger partial charge in [0.05, 0.1) is 0 Å². The molecule has 1 aromatic rings. The molecule has 4 atom stereocenters. The van der Waals surface area contributed by atoms with Crippen LogP contribution in [-0.4, -0.2) is 17.9 Å². The molecule has 3 rings (SSSR count). The molecule has 2 fully saturated rings. The number of cyclic esters (lactones) is 1. The molecule has 1 saturated carbocycles.